The molecule has 0 aliphatic carbocycles. The summed E-state index contributed by atoms with van der Waals surface area (Å²) in [5, 5.41) is 48.9. The van der Waals surface area contributed by atoms with Crippen molar-refractivity contribution >= 4 is 29.6 Å². The Morgan fingerprint density at radius 1 is 0.795 bits per heavy atom. The van der Waals surface area contributed by atoms with E-state index in [1.54, 1.807) is 12.1 Å². The maximum absolute atomic E-state index is 11.6. The zero-order valence-corrected chi connectivity index (χ0v) is 25.1. The van der Waals surface area contributed by atoms with Crippen molar-refractivity contribution in [3.63, 3.8) is 0 Å². The van der Waals surface area contributed by atoms with E-state index in [1.807, 2.05) is 21.7 Å². The monoisotopic (exact) mass is 624 g/mol. The fourth-order valence-corrected chi connectivity index (χ4v) is 5.26. The van der Waals surface area contributed by atoms with E-state index in [0.29, 0.717) is 71.6 Å². The smallest absolute Gasteiger partial charge is 0.317 e. The van der Waals surface area contributed by atoms with E-state index in [-0.39, 0.29) is 31.4 Å². The third kappa shape index (κ3) is 14.7. The summed E-state index contributed by atoms with van der Waals surface area (Å²) in [6, 6.07) is 5.87. The van der Waals surface area contributed by atoms with Gasteiger partial charge in [-0.3, -0.25) is 48.9 Å². The lowest BCUT2D eigenvalue weighted by Crippen LogP contribution is -2.52. The maximum atomic E-state index is 11.6. The highest BCUT2D eigenvalue weighted by Gasteiger charge is 2.26. The normalized spacial score (nSPS) is 17.4. The number of non-ortho nitro benzene ring substituents is 1. The molecule has 1 saturated heterocycles. The van der Waals surface area contributed by atoms with Gasteiger partial charge in [-0.15, -0.1) is 0 Å². The second kappa shape index (κ2) is 18.9. The van der Waals surface area contributed by atoms with E-state index in [9.17, 15) is 49.7 Å². The molecule has 1 atom stereocenters. The first-order valence-corrected chi connectivity index (χ1v) is 14.5. The molecule has 0 saturated carbocycles. The standard InChI is InChI=1S/C28H44N6O10/c1-29-9-11-30(18-25(35)36)13-15-33(16-14-31(12-10-29)19-26(37)38)24(17-32(20-27(39)40)21-28(41)42)4-2-3-22-5-7-23(8-6-22)34(43)44/h5-8,24H,2-4,9-21H2,1H3,(H,35,36)(H,37,38)(H,39,40)(H,41,42). The van der Waals surface area contributed by atoms with Crippen LogP contribution in [0, 0.1) is 10.1 Å². The molecule has 1 heterocycles. The van der Waals surface area contributed by atoms with Gasteiger partial charge in [-0.1, -0.05) is 12.1 Å². The van der Waals surface area contributed by atoms with Crippen LogP contribution in [0.3, 0.4) is 0 Å². The van der Waals surface area contributed by atoms with Gasteiger partial charge in [0.25, 0.3) is 5.69 Å². The Balaban J connectivity index is 2.34. The average molecular weight is 625 g/mol. The Morgan fingerprint density at radius 3 is 1.70 bits per heavy atom. The van der Waals surface area contributed by atoms with E-state index < -0.39 is 41.9 Å². The van der Waals surface area contributed by atoms with Crippen LogP contribution in [0.2, 0.25) is 0 Å². The quantitative estimate of drug-likeness (QED) is 0.138. The van der Waals surface area contributed by atoms with Gasteiger partial charge < -0.3 is 25.3 Å². The van der Waals surface area contributed by atoms with Crippen molar-refractivity contribution < 1.29 is 44.5 Å². The van der Waals surface area contributed by atoms with Gasteiger partial charge in [0.2, 0.25) is 0 Å². The molecule has 0 spiro atoms. The molecule has 16 nitrogen and oxygen atoms in total. The number of benzene rings is 1. The lowest BCUT2D eigenvalue weighted by molar-refractivity contribution is -0.384. The van der Waals surface area contributed by atoms with Crippen molar-refractivity contribution in [1.29, 1.82) is 0 Å². The van der Waals surface area contributed by atoms with Gasteiger partial charge in [0.1, 0.15) is 0 Å². The SMILES string of the molecule is CN1CCN(CC(=O)O)CCN(C(CCCc2ccc([N+](=O)[O-])cc2)CN(CC(=O)O)CC(=O)O)CCN(CC(=O)O)CC1. The predicted molar refractivity (Wildman–Crippen MR) is 159 cm³/mol. The Hall–Kier alpha value is -3.70. The molecular weight excluding hydrogens is 580 g/mol. The summed E-state index contributed by atoms with van der Waals surface area (Å²) in [5.74, 6) is -4.27. The molecule has 246 valence electrons. The third-order valence-electron chi connectivity index (χ3n) is 7.57. The Kier molecular flexibility index (Phi) is 15.6. The molecule has 1 aliphatic heterocycles. The zero-order chi connectivity index (χ0) is 32.6. The third-order valence-corrected chi connectivity index (χ3v) is 7.57. The predicted octanol–water partition coefficient (Wildman–Crippen LogP) is -0.222. The number of rotatable bonds is 16. The second-order valence-electron chi connectivity index (χ2n) is 11.1. The summed E-state index contributed by atoms with van der Waals surface area (Å²) in [4.78, 5) is 65.9. The summed E-state index contributed by atoms with van der Waals surface area (Å²) in [5.41, 5.74) is 0.854. The molecule has 44 heavy (non-hydrogen) atoms. The number of carbonyl (C=O) groups is 4. The fourth-order valence-electron chi connectivity index (χ4n) is 5.26. The van der Waals surface area contributed by atoms with Crippen LogP contribution in [0.1, 0.15) is 18.4 Å². The molecule has 1 fully saturated rings. The molecule has 2 rings (SSSR count). The van der Waals surface area contributed by atoms with Crippen molar-refractivity contribution in [3.05, 3.63) is 39.9 Å². The van der Waals surface area contributed by atoms with Gasteiger partial charge in [0.05, 0.1) is 31.1 Å². The average Bonchev–Trinajstić information content (AvgIpc) is 2.92. The highest BCUT2D eigenvalue weighted by molar-refractivity contribution is 5.72. The van der Waals surface area contributed by atoms with Crippen molar-refractivity contribution in [1.82, 2.24) is 24.5 Å². The van der Waals surface area contributed by atoms with Gasteiger partial charge in [-0.2, -0.15) is 0 Å². The van der Waals surface area contributed by atoms with Gasteiger partial charge in [0.15, 0.2) is 0 Å². The van der Waals surface area contributed by atoms with Crippen molar-refractivity contribution in [2.45, 2.75) is 25.3 Å². The largest absolute Gasteiger partial charge is 0.480 e. The molecule has 4 N–H and O–H groups in total. The first kappa shape index (κ1) is 36.5. The lowest BCUT2D eigenvalue weighted by atomic mass is 10.0. The molecule has 0 radical (unpaired) electrons. The molecular formula is C28H44N6O10. The highest BCUT2D eigenvalue weighted by Crippen LogP contribution is 2.17. The van der Waals surface area contributed by atoms with Gasteiger partial charge >= 0.3 is 23.9 Å². The van der Waals surface area contributed by atoms with E-state index in [4.69, 9.17) is 0 Å². The van der Waals surface area contributed by atoms with Crippen molar-refractivity contribution in [3.8, 4) is 0 Å². The minimum absolute atomic E-state index is 0.0213. The minimum atomic E-state index is -1.17. The second-order valence-corrected chi connectivity index (χ2v) is 11.1. The summed E-state index contributed by atoms with van der Waals surface area (Å²) < 4.78 is 0. The highest BCUT2D eigenvalue weighted by atomic mass is 16.6. The molecule has 1 unspecified atom stereocenters. The number of carboxylic acid groups (broad SMARTS) is 4. The molecule has 1 aromatic rings. The first-order valence-electron chi connectivity index (χ1n) is 14.5. The number of nitro groups is 1. The number of nitrogens with zero attached hydrogens (tertiary/aromatic N) is 6. The number of carboxylic acids is 4. The first-order chi connectivity index (χ1) is 20.8. The molecule has 1 aromatic carbocycles. The van der Waals surface area contributed by atoms with E-state index >= 15 is 0 Å². The van der Waals surface area contributed by atoms with Crippen molar-refractivity contribution in [2.24, 2.45) is 0 Å². The van der Waals surface area contributed by atoms with Crippen LogP contribution in [0.4, 0.5) is 5.69 Å². The number of likely N-dealkylation sites (N-methyl/N-ethyl adjacent to an activating group) is 1. The molecule has 0 aromatic heterocycles. The van der Waals surface area contributed by atoms with E-state index in [1.165, 1.54) is 17.0 Å². The van der Waals surface area contributed by atoms with Crippen LogP contribution in [0.25, 0.3) is 0 Å². The number of hydrogen-bond acceptors (Lipinski definition) is 11. The van der Waals surface area contributed by atoms with Gasteiger partial charge in [0, 0.05) is 77.1 Å². The van der Waals surface area contributed by atoms with Crippen molar-refractivity contribution in [2.75, 3.05) is 92.1 Å². The summed E-state index contributed by atoms with van der Waals surface area (Å²) in [6.07, 6.45) is 1.70. The molecule has 0 amide bonds. The number of aliphatic carboxylic acids is 4. The van der Waals surface area contributed by atoms with Gasteiger partial charge in [-0.25, -0.2) is 0 Å². The Bertz CT molecular complexity index is 1060. The summed E-state index contributed by atoms with van der Waals surface area (Å²) in [7, 11) is 1.90. The lowest BCUT2D eigenvalue weighted by Gasteiger charge is -2.38. The minimum Gasteiger partial charge on any atom is -0.480 e. The number of aryl methyl sites for hydroxylation is 1. The van der Waals surface area contributed by atoms with Crippen LogP contribution in [-0.4, -0.2) is 172 Å². The van der Waals surface area contributed by atoms with Crippen LogP contribution in [0.5, 0.6) is 0 Å². The zero-order valence-electron chi connectivity index (χ0n) is 25.1. The maximum Gasteiger partial charge on any atom is 0.317 e. The van der Waals surface area contributed by atoms with E-state index in [0.717, 1.165) is 5.56 Å². The van der Waals surface area contributed by atoms with Crippen LogP contribution < -0.4 is 0 Å². The van der Waals surface area contributed by atoms with E-state index in [2.05, 4.69) is 4.90 Å². The molecule has 1 aliphatic rings. The number of hydrogen-bond donors (Lipinski definition) is 4. The summed E-state index contributed by atoms with van der Waals surface area (Å²) >= 11 is 0. The fraction of sp³-hybridized carbons (Fsp3) is 0.643. The Morgan fingerprint density at radius 2 is 1.27 bits per heavy atom. The van der Waals surface area contributed by atoms with Crippen LogP contribution in [0.15, 0.2) is 24.3 Å². The molecule has 0 bridgehead atoms. The van der Waals surface area contributed by atoms with Crippen LogP contribution in [-0.2, 0) is 25.6 Å². The Labute approximate surface area is 256 Å². The number of nitro benzene ring substituents is 1. The summed E-state index contributed by atoms with van der Waals surface area (Å²) in [6.45, 7) is 2.49. The van der Waals surface area contributed by atoms with Crippen LogP contribution >= 0.6 is 0 Å². The van der Waals surface area contributed by atoms with Gasteiger partial charge in [-0.05, 0) is 31.9 Å². The topological polar surface area (TPSA) is 209 Å². The molecule has 16 heteroatoms.